The number of ether oxygens (including phenoxy) is 2. The van der Waals surface area contributed by atoms with Crippen LogP contribution in [0.4, 0.5) is 0 Å². The fraction of sp³-hybridized carbons (Fsp3) is 0.286. The molecule has 2 aliphatic rings. The molecule has 4 heteroatoms. The van der Waals surface area contributed by atoms with Gasteiger partial charge in [-0.2, -0.15) is 0 Å². The second-order valence-corrected chi connectivity index (χ2v) is 6.93. The minimum absolute atomic E-state index is 0.214. The molecule has 1 aromatic rings. The predicted molar refractivity (Wildman–Crippen MR) is 102 cm³/mol. The number of rotatable bonds is 5. The number of carbonyl (C=O) groups excluding carboxylic acids is 1. The van der Waals surface area contributed by atoms with Crippen LogP contribution in [0.25, 0.3) is 0 Å². The van der Waals surface area contributed by atoms with E-state index < -0.39 is 0 Å². The summed E-state index contributed by atoms with van der Waals surface area (Å²) in [5, 5.41) is 0. The molecule has 2 aliphatic carbocycles. The largest absolute Gasteiger partial charge is 0.497 e. The summed E-state index contributed by atoms with van der Waals surface area (Å²) in [7, 11) is 3.12. The fourth-order valence-electron chi connectivity index (χ4n) is 3.05. The van der Waals surface area contributed by atoms with Gasteiger partial charge < -0.3 is 9.47 Å². The SMILES string of the molecule is COC(=O)C1=C(SCc2ccc(OC)cc2)C2=C(CC=CC=C2)CC1. The standard InChI is InChI=1S/C21H22O3S/c1-23-17-11-8-15(9-12-17)14-25-20-18-7-5-3-4-6-16(18)10-13-19(20)21(22)24-2/h3-5,7-9,11-12H,6,10,13-14H2,1-2H3. The highest BCUT2D eigenvalue weighted by atomic mass is 32.2. The normalized spacial score (nSPS) is 16.6. The van der Waals surface area contributed by atoms with E-state index >= 15 is 0 Å². The molecule has 0 radical (unpaired) electrons. The number of allylic oxidation sites excluding steroid dienone is 6. The zero-order chi connectivity index (χ0) is 17.6. The van der Waals surface area contributed by atoms with Crippen LogP contribution in [0.3, 0.4) is 0 Å². The van der Waals surface area contributed by atoms with Crippen LogP contribution in [0.2, 0.25) is 0 Å². The van der Waals surface area contributed by atoms with E-state index in [2.05, 4.69) is 36.4 Å². The average molecular weight is 354 g/mol. The zero-order valence-electron chi connectivity index (χ0n) is 14.6. The molecule has 3 rings (SSSR count). The summed E-state index contributed by atoms with van der Waals surface area (Å²) in [4.78, 5) is 13.3. The van der Waals surface area contributed by atoms with Gasteiger partial charge in [-0.15, -0.1) is 11.8 Å². The maximum atomic E-state index is 12.3. The van der Waals surface area contributed by atoms with Gasteiger partial charge in [0.25, 0.3) is 0 Å². The van der Waals surface area contributed by atoms with Crippen molar-refractivity contribution in [1.29, 1.82) is 0 Å². The Morgan fingerprint density at radius 1 is 1.12 bits per heavy atom. The first kappa shape index (κ1) is 17.6. The Balaban J connectivity index is 1.87. The van der Waals surface area contributed by atoms with E-state index in [0.717, 1.165) is 41.2 Å². The van der Waals surface area contributed by atoms with E-state index in [1.54, 1.807) is 18.9 Å². The Kier molecular flexibility index (Phi) is 5.82. The summed E-state index contributed by atoms with van der Waals surface area (Å²) in [5.41, 5.74) is 4.59. The van der Waals surface area contributed by atoms with Crippen LogP contribution in [0.15, 0.2) is 70.2 Å². The summed E-state index contributed by atoms with van der Waals surface area (Å²) in [6.45, 7) is 0. The third-order valence-electron chi connectivity index (χ3n) is 4.42. The molecule has 0 aromatic heterocycles. The molecule has 0 amide bonds. The van der Waals surface area contributed by atoms with Crippen LogP contribution in [-0.2, 0) is 15.3 Å². The van der Waals surface area contributed by atoms with Crippen LogP contribution in [-0.4, -0.2) is 20.2 Å². The van der Waals surface area contributed by atoms with E-state index in [4.69, 9.17) is 9.47 Å². The van der Waals surface area contributed by atoms with Crippen molar-refractivity contribution in [3.63, 3.8) is 0 Å². The molecule has 0 heterocycles. The lowest BCUT2D eigenvalue weighted by molar-refractivity contribution is -0.136. The fourth-order valence-corrected chi connectivity index (χ4v) is 4.28. The average Bonchev–Trinajstić information content (AvgIpc) is 2.91. The van der Waals surface area contributed by atoms with E-state index in [1.807, 2.05) is 12.1 Å². The monoisotopic (exact) mass is 354 g/mol. The van der Waals surface area contributed by atoms with Gasteiger partial charge in [0.15, 0.2) is 0 Å². The van der Waals surface area contributed by atoms with Gasteiger partial charge >= 0.3 is 5.97 Å². The molecular weight excluding hydrogens is 332 g/mol. The first-order valence-corrected chi connectivity index (χ1v) is 9.34. The molecule has 0 saturated carbocycles. The quantitative estimate of drug-likeness (QED) is 0.700. The van der Waals surface area contributed by atoms with Crippen molar-refractivity contribution in [3.05, 3.63) is 75.8 Å². The molecule has 0 saturated heterocycles. The smallest absolute Gasteiger partial charge is 0.334 e. The van der Waals surface area contributed by atoms with Gasteiger partial charge in [-0.3, -0.25) is 0 Å². The molecule has 25 heavy (non-hydrogen) atoms. The Morgan fingerprint density at radius 2 is 1.92 bits per heavy atom. The van der Waals surface area contributed by atoms with Crippen molar-refractivity contribution in [2.45, 2.75) is 25.0 Å². The molecule has 130 valence electrons. The Hall–Kier alpha value is -2.20. The molecule has 1 aromatic carbocycles. The number of benzene rings is 1. The molecule has 3 nitrogen and oxygen atoms in total. The first-order valence-electron chi connectivity index (χ1n) is 8.35. The number of esters is 1. The van der Waals surface area contributed by atoms with E-state index in [9.17, 15) is 4.79 Å². The Morgan fingerprint density at radius 3 is 2.64 bits per heavy atom. The summed E-state index contributed by atoms with van der Waals surface area (Å²) >= 11 is 1.71. The second kappa shape index (κ2) is 8.26. The van der Waals surface area contributed by atoms with Gasteiger partial charge in [-0.1, -0.05) is 42.0 Å². The summed E-state index contributed by atoms with van der Waals surface area (Å²) < 4.78 is 10.2. The van der Waals surface area contributed by atoms with Gasteiger partial charge in [0.2, 0.25) is 0 Å². The first-order chi connectivity index (χ1) is 12.2. The lowest BCUT2D eigenvalue weighted by atomic mass is 9.90. The molecule has 0 atom stereocenters. The number of methoxy groups -OCH3 is 2. The number of carbonyl (C=O) groups is 1. The van der Waals surface area contributed by atoms with Crippen molar-refractivity contribution in [2.75, 3.05) is 14.2 Å². The van der Waals surface area contributed by atoms with Crippen LogP contribution in [0, 0.1) is 0 Å². The van der Waals surface area contributed by atoms with E-state index in [0.29, 0.717) is 0 Å². The molecular formula is C21H22O3S. The lowest BCUT2D eigenvalue weighted by Crippen LogP contribution is -2.13. The van der Waals surface area contributed by atoms with Crippen molar-refractivity contribution < 1.29 is 14.3 Å². The maximum absolute atomic E-state index is 12.3. The third-order valence-corrected chi connectivity index (χ3v) is 5.66. The summed E-state index contributed by atoms with van der Waals surface area (Å²) in [6.07, 6.45) is 11.0. The minimum Gasteiger partial charge on any atom is -0.497 e. The van der Waals surface area contributed by atoms with Crippen LogP contribution in [0.5, 0.6) is 5.75 Å². The highest BCUT2D eigenvalue weighted by Gasteiger charge is 2.25. The highest BCUT2D eigenvalue weighted by molar-refractivity contribution is 8.02. The second-order valence-electron chi connectivity index (χ2n) is 5.94. The summed E-state index contributed by atoms with van der Waals surface area (Å²) in [5.74, 6) is 1.44. The Bertz CT molecular complexity index is 767. The molecule has 0 fully saturated rings. The zero-order valence-corrected chi connectivity index (χ0v) is 15.4. The minimum atomic E-state index is -0.214. The molecule has 0 N–H and O–H groups in total. The number of thioether (sulfide) groups is 1. The van der Waals surface area contributed by atoms with Crippen molar-refractivity contribution in [1.82, 2.24) is 0 Å². The van der Waals surface area contributed by atoms with Gasteiger partial charge in [0.05, 0.1) is 19.8 Å². The predicted octanol–water partition coefficient (Wildman–Crippen LogP) is 4.96. The molecule has 0 unspecified atom stereocenters. The van der Waals surface area contributed by atoms with Gasteiger partial charge in [0, 0.05) is 10.7 Å². The van der Waals surface area contributed by atoms with Gasteiger partial charge in [-0.25, -0.2) is 4.79 Å². The Labute approximate surface area is 153 Å². The van der Waals surface area contributed by atoms with Crippen LogP contribution in [0.1, 0.15) is 24.8 Å². The topological polar surface area (TPSA) is 35.5 Å². The molecule has 0 spiro atoms. The lowest BCUT2D eigenvalue weighted by Gasteiger charge is -2.23. The summed E-state index contributed by atoms with van der Waals surface area (Å²) in [6, 6.07) is 8.05. The van der Waals surface area contributed by atoms with Crippen LogP contribution >= 0.6 is 11.8 Å². The van der Waals surface area contributed by atoms with Crippen LogP contribution < -0.4 is 4.74 Å². The number of hydrogen-bond donors (Lipinski definition) is 0. The van der Waals surface area contributed by atoms with E-state index in [1.165, 1.54) is 23.8 Å². The molecule has 0 aliphatic heterocycles. The van der Waals surface area contributed by atoms with E-state index in [-0.39, 0.29) is 5.97 Å². The highest BCUT2D eigenvalue weighted by Crippen LogP contribution is 2.41. The maximum Gasteiger partial charge on any atom is 0.334 e. The van der Waals surface area contributed by atoms with Gasteiger partial charge in [-0.05, 0) is 42.5 Å². The third kappa shape index (κ3) is 4.07. The van der Waals surface area contributed by atoms with Crippen molar-refractivity contribution >= 4 is 17.7 Å². The van der Waals surface area contributed by atoms with Crippen molar-refractivity contribution in [3.8, 4) is 5.75 Å². The number of hydrogen-bond acceptors (Lipinski definition) is 4. The molecule has 0 bridgehead atoms. The van der Waals surface area contributed by atoms with Crippen molar-refractivity contribution in [2.24, 2.45) is 0 Å². The van der Waals surface area contributed by atoms with Gasteiger partial charge in [0.1, 0.15) is 5.75 Å².